The fourth-order valence-electron chi connectivity index (χ4n) is 2.80. The predicted octanol–water partition coefficient (Wildman–Crippen LogP) is 3.48. The van der Waals surface area contributed by atoms with Gasteiger partial charge in [0.2, 0.25) is 5.79 Å². The Kier molecular flexibility index (Phi) is 4.02. The van der Waals surface area contributed by atoms with Crippen LogP contribution in [0.25, 0.3) is 11.0 Å². The Morgan fingerprint density at radius 1 is 1.43 bits per heavy atom. The first-order chi connectivity index (χ1) is 10.9. The van der Waals surface area contributed by atoms with Crippen LogP contribution in [0.5, 0.6) is 0 Å². The lowest BCUT2D eigenvalue weighted by atomic mass is 9.97. The van der Waals surface area contributed by atoms with Crippen LogP contribution in [0.15, 0.2) is 30.6 Å². The molecule has 0 aliphatic carbocycles. The largest absolute Gasteiger partial charge is 0.457 e. The first kappa shape index (κ1) is 15.8. The second kappa shape index (κ2) is 5.85. The third-order valence-electron chi connectivity index (χ3n) is 3.88. The molecule has 2 atom stereocenters. The number of allylic oxidation sites excluding steroid dienone is 1. The van der Waals surface area contributed by atoms with Crippen molar-refractivity contribution in [3.63, 3.8) is 0 Å². The Labute approximate surface area is 139 Å². The molecule has 0 amide bonds. The summed E-state index contributed by atoms with van der Waals surface area (Å²) < 4.78 is 13.4. The van der Waals surface area contributed by atoms with E-state index in [1.54, 1.807) is 6.26 Å². The maximum absolute atomic E-state index is 11.0. The molecular weight excluding hydrogens is 318 g/mol. The second-order valence-corrected chi connectivity index (χ2v) is 6.45. The normalized spacial score (nSPS) is 18.9. The molecule has 0 radical (unpaired) electrons. The van der Waals surface area contributed by atoms with Gasteiger partial charge in [0.15, 0.2) is 5.76 Å². The zero-order valence-electron chi connectivity index (χ0n) is 13.2. The van der Waals surface area contributed by atoms with Crippen molar-refractivity contribution < 1.29 is 14.3 Å². The van der Waals surface area contributed by atoms with Crippen molar-refractivity contribution >= 4 is 28.9 Å². The summed E-state index contributed by atoms with van der Waals surface area (Å²) in [6, 6.07) is 1.64. The molecule has 0 unspecified atom stereocenters. The van der Waals surface area contributed by atoms with Crippen LogP contribution in [0.2, 0.25) is 5.15 Å². The van der Waals surface area contributed by atoms with Gasteiger partial charge in [-0.1, -0.05) is 18.5 Å². The maximum atomic E-state index is 11.0. The van der Waals surface area contributed by atoms with Crippen LogP contribution < -0.4 is 0 Å². The third-order valence-corrected chi connectivity index (χ3v) is 4.18. The van der Waals surface area contributed by atoms with E-state index in [4.69, 9.17) is 21.1 Å². The molecule has 1 aliphatic heterocycles. The van der Waals surface area contributed by atoms with Crippen molar-refractivity contribution in [1.29, 1.82) is 0 Å². The van der Waals surface area contributed by atoms with Crippen LogP contribution in [0.1, 0.15) is 33.2 Å². The number of fused-ring (bicyclic) bond motifs is 1. The minimum Gasteiger partial charge on any atom is -0.457 e. The van der Waals surface area contributed by atoms with E-state index in [2.05, 4.69) is 9.97 Å². The van der Waals surface area contributed by atoms with Crippen LogP contribution in [-0.2, 0) is 14.3 Å². The number of carbonyl (C=O) groups excluding carboxylic acids is 1. The number of nitrogens with zero attached hydrogens (tertiary/aromatic N) is 3. The molecule has 3 rings (SSSR count). The molecule has 7 heteroatoms. The summed E-state index contributed by atoms with van der Waals surface area (Å²) >= 11 is 6.13. The molecule has 23 heavy (non-hydrogen) atoms. The van der Waals surface area contributed by atoms with Crippen molar-refractivity contribution in [2.75, 3.05) is 0 Å². The predicted molar refractivity (Wildman–Crippen MR) is 85.8 cm³/mol. The Morgan fingerprint density at radius 3 is 2.87 bits per heavy atom. The van der Waals surface area contributed by atoms with Crippen LogP contribution >= 0.6 is 11.6 Å². The summed E-state index contributed by atoms with van der Waals surface area (Å²) in [6.45, 7) is 5.67. The lowest BCUT2D eigenvalue weighted by Gasteiger charge is -2.27. The topological polar surface area (TPSA) is 66.2 Å². The second-order valence-electron chi connectivity index (χ2n) is 6.09. The summed E-state index contributed by atoms with van der Waals surface area (Å²) in [5.74, 6) is -0.0541. The van der Waals surface area contributed by atoms with Crippen molar-refractivity contribution in [2.45, 2.75) is 39.0 Å². The number of aldehydes is 1. The zero-order chi connectivity index (χ0) is 16.6. The van der Waals surface area contributed by atoms with E-state index >= 15 is 0 Å². The van der Waals surface area contributed by atoms with Crippen LogP contribution in [0.4, 0.5) is 0 Å². The van der Waals surface area contributed by atoms with Gasteiger partial charge in [0.05, 0.1) is 11.4 Å². The van der Waals surface area contributed by atoms with Gasteiger partial charge in [-0.3, -0.25) is 0 Å². The summed E-state index contributed by atoms with van der Waals surface area (Å²) in [7, 11) is 0. The molecule has 6 nitrogen and oxygen atoms in total. The monoisotopic (exact) mass is 335 g/mol. The highest BCUT2D eigenvalue weighted by Gasteiger charge is 2.36. The smallest absolute Gasteiger partial charge is 0.244 e. The fourth-order valence-corrected chi connectivity index (χ4v) is 2.99. The Hall–Kier alpha value is -2.08. The van der Waals surface area contributed by atoms with Gasteiger partial charge in [0.25, 0.3) is 0 Å². The molecule has 1 aliphatic rings. The summed E-state index contributed by atoms with van der Waals surface area (Å²) in [6.07, 6.45) is 6.22. The quantitative estimate of drug-likeness (QED) is 0.618. The Balaban J connectivity index is 2.07. The highest BCUT2D eigenvalue weighted by Crippen LogP contribution is 2.38. The minimum atomic E-state index is -0.718. The molecule has 0 spiro atoms. The van der Waals surface area contributed by atoms with Gasteiger partial charge in [-0.15, -0.1) is 0 Å². The number of ether oxygens (including phenoxy) is 2. The van der Waals surface area contributed by atoms with Crippen LogP contribution in [0.3, 0.4) is 0 Å². The van der Waals surface area contributed by atoms with E-state index < -0.39 is 5.79 Å². The van der Waals surface area contributed by atoms with Crippen molar-refractivity contribution in [3.8, 4) is 0 Å². The number of hydrogen-bond donors (Lipinski definition) is 0. The highest BCUT2D eigenvalue weighted by molar-refractivity contribution is 6.33. The molecule has 0 N–H and O–H groups in total. The lowest BCUT2D eigenvalue weighted by molar-refractivity contribution is -0.121. The first-order valence-electron chi connectivity index (χ1n) is 7.40. The number of carbonyl (C=O) groups is 1. The van der Waals surface area contributed by atoms with Crippen molar-refractivity contribution in [3.05, 3.63) is 35.8 Å². The molecule has 2 aromatic rings. The van der Waals surface area contributed by atoms with E-state index in [0.717, 1.165) is 11.7 Å². The molecule has 0 fully saturated rings. The number of aromatic nitrogens is 3. The minimum absolute atomic E-state index is 0.000547. The highest BCUT2D eigenvalue weighted by atomic mass is 35.5. The average molecular weight is 336 g/mol. The van der Waals surface area contributed by atoms with E-state index in [1.807, 2.05) is 37.6 Å². The summed E-state index contributed by atoms with van der Waals surface area (Å²) in [4.78, 5) is 19.3. The molecule has 122 valence electrons. The number of hydrogen-bond acceptors (Lipinski definition) is 5. The Morgan fingerprint density at radius 2 is 2.22 bits per heavy atom. The molecular formula is C16H18ClN3O3. The number of rotatable bonds is 5. The van der Waals surface area contributed by atoms with Gasteiger partial charge in [-0.2, -0.15) is 0 Å². The van der Waals surface area contributed by atoms with Crippen LogP contribution in [0, 0.1) is 5.92 Å². The first-order valence-corrected chi connectivity index (χ1v) is 7.78. The van der Waals surface area contributed by atoms with E-state index in [0.29, 0.717) is 23.0 Å². The number of halogens is 1. The SMILES string of the molecule is C[C@@H](CC=O)[C@H](C1=COC(C)(C)O1)n1ccc2c(Cl)ncnc21. The van der Waals surface area contributed by atoms with E-state index in [-0.39, 0.29) is 12.0 Å². The molecule has 0 saturated heterocycles. The summed E-state index contributed by atoms with van der Waals surface area (Å²) in [5.41, 5.74) is 0.696. The average Bonchev–Trinajstić information content (AvgIpc) is 3.05. The van der Waals surface area contributed by atoms with Crippen molar-refractivity contribution in [2.24, 2.45) is 5.92 Å². The molecule has 0 saturated carbocycles. The molecule has 0 bridgehead atoms. The summed E-state index contributed by atoms with van der Waals surface area (Å²) in [5, 5.41) is 1.16. The van der Waals surface area contributed by atoms with Gasteiger partial charge in [0, 0.05) is 26.5 Å². The maximum Gasteiger partial charge on any atom is 0.244 e. The lowest BCUT2D eigenvalue weighted by Crippen LogP contribution is -2.25. The van der Waals surface area contributed by atoms with Gasteiger partial charge < -0.3 is 18.8 Å². The standard InChI is InChI=1S/C16H18ClN3O3/c1-10(5-7-21)13(12-8-22-16(2,3)23-12)20-6-4-11-14(17)18-9-19-15(11)20/h4,6-10,13H,5H2,1-3H3/t10-,13+/m0/s1. The molecule has 0 aromatic carbocycles. The van der Waals surface area contributed by atoms with E-state index in [1.165, 1.54) is 6.33 Å². The fraction of sp³-hybridized carbons (Fsp3) is 0.438. The van der Waals surface area contributed by atoms with Gasteiger partial charge in [0.1, 0.15) is 29.7 Å². The van der Waals surface area contributed by atoms with E-state index in [9.17, 15) is 4.79 Å². The molecule has 2 aromatic heterocycles. The third kappa shape index (κ3) is 2.91. The van der Waals surface area contributed by atoms with Crippen LogP contribution in [-0.4, -0.2) is 26.6 Å². The van der Waals surface area contributed by atoms with Gasteiger partial charge in [-0.25, -0.2) is 9.97 Å². The van der Waals surface area contributed by atoms with Gasteiger partial charge in [-0.05, 0) is 12.0 Å². The van der Waals surface area contributed by atoms with Crippen molar-refractivity contribution in [1.82, 2.24) is 14.5 Å². The molecule has 3 heterocycles. The Bertz CT molecular complexity index is 769. The van der Waals surface area contributed by atoms with Gasteiger partial charge >= 0.3 is 0 Å². The zero-order valence-corrected chi connectivity index (χ0v) is 13.9.